The van der Waals surface area contributed by atoms with E-state index in [9.17, 15) is 4.79 Å². The number of halogens is 3. The highest BCUT2D eigenvalue weighted by molar-refractivity contribution is 7.21. The van der Waals surface area contributed by atoms with Gasteiger partial charge >= 0.3 is 0 Å². The summed E-state index contributed by atoms with van der Waals surface area (Å²) < 4.78 is 0.878. The largest absolute Gasteiger partial charge is 0.321 e. The maximum absolute atomic E-state index is 12.3. The Kier molecular flexibility index (Phi) is 4.09. The first kappa shape index (κ1) is 14.7. The van der Waals surface area contributed by atoms with Gasteiger partial charge in [-0.05, 0) is 30.3 Å². The summed E-state index contributed by atoms with van der Waals surface area (Å²) in [4.78, 5) is 12.8. The number of thiophene rings is 1. The van der Waals surface area contributed by atoms with Crippen molar-refractivity contribution >= 4 is 67.8 Å². The van der Waals surface area contributed by atoms with Crippen LogP contribution in [0.3, 0.4) is 0 Å². The van der Waals surface area contributed by atoms with Crippen molar-refractivity contribution in [2.75, 3.05) is 5.32 Å². The van der Waals surface area contributed by atoms with Crippen molar-refractivity contribution in [2.24, 2.45) is 0 Å². The Bertz CT molecular complexity index is 844. The fourth-order valence-corrected chi connectivity index (χ4v) is 3.82. The van der Waals surface area contributed by atoms with E-state index in [1.165, 1.54) is 11.3 Å². The average molecular weight is 357 g/mol. The molecule has 0 saturated heterocycles. The minimum Gasteiger partial charge on any atom is -0.321 e. The van der Waals surface area contributed by atoms with Crippen LogP contribution >= 0.6 is 46.1 Å². The van der Waals surface area contributed by atoms with Gasteiger partial charge in [0.05, 0.1) is 5.02 Å². The zero-order valence-corrected chi connectivity index (χ0v) is 13.6. The van der Waals surface area contributed by atoms with Crippen molar-refractivity contribution in [1.29, 1.82) is 0 Å². The molecule has 2 aromatic carbocycles. The first-order valence-electron chi connectivity index (χ1n) is 5.99. The molecule has 6 heteroatoms. The smallest absolute Gasteiger partial charge is 0.267 e. The summed E-state index contributed by atoms with van der Waals surface area (Å²) in [6, 6.07) is 12.3. The van der Waals surface area contributed by atoms with Crippen LogP contribution in [0.25, 0.3) is 10.1 Å². The van der Waals surface area contributed by atoms with E-state index < -0.39 is 0 Å². The highest BCUT2D eigenvalue weighted by atomic mass is 35.5. The number of rotatable bonds is 2. The summed E-state index contributed by atoms with van der Waals surface area (Å²) in [6.45, 7) is 0. The van der Waals surface area contributed by atoms with E-state index in [1.807, 2.05) is 6.07 Å². The van der Waals surface area contributed by atoms with E-state index in [0.717, 1.165) is 10.1 Å². The van der Waals surface area contributed by atoms with Crippen molar-refractivity contribution in [2.45, 2.75) is 0 Å². The van der Waals surface area contributed by atoms with Gasteiger partial charge in [0.15, 0.2) is 0 Å². The quantitative estimate of drug-likeness (QED) is 0.589. The van der Waals surface area contributed by atoms with Gasteiger partial charge in [-0.3, -0.25) is 4.79 Å². The van der Waals surface area contributed by atoms with Crippen LogP contribution in [-0.2, 0) is 0 Å². The second-order valence-corrected chi connectivity index (χ2v) is 6.65. The molecule has 1 amide bonds. The molecule has 2 nitrogen and oxygen atoms in total. The molecule has 0 aliphatic heterocycles. The number of hydrogen-bond donors (Lipinski definition) is 1. The van der Waals surface area contributed by atoms with E-state index in [4.69, 9.17) is 34.8 Å². The molecule has 3 aromatic rings. The number of fused-ring (bicyclic) bond motifs is 1. The summed E-state index contributed by atoms with van der Waals surface area (Å²) in [5, 5.41) is 5.21. The topological polar surface area (TPSA) is 29.1 Å². The minimum atomic E-state index is -0.264. The first-order valence-corrected chi connectivity index (χ1v) is 7.94. The Morgan fingerprint density at radius 2 is 1.76 bits per heavy atom. The molecule has 1 N–H and O–H groups in total. The molecule has 0 bridgehead atoms. The number of benzene rings is 2. The molecule has 21 heavy (non-hydrogen) atoms. The summed E-state index contributed by atoms with van der Waals surface area (Å²) in [5.41, 5.74) is 0.624. The first-order chi connectivity index (χ1) is 10.0. The fourth-order valence-electron chi connectivity index (χ4n) is 1.94. The lowest BCUT2D eigenvalue weighted by Crippen LogP contribution is -2.10. The molecule has 0 aliphatic carbocycles. The van der Waals surface area contributed by atoms with E-state index >= 15 is 0 Å². The Morgan fingerprint density at radius 1 is 1.00 bits per heavy atom. The van der Waals surface area contributed by atoms with Crippen LogP contribution in [-0.4, -0.2) is 5.91 Å². The number of carbonyl (C=O) groups excluding carboxylic acids is 1. The molecule has 0 radical (unpaired) electrons. The van der Waals surface area contributed by atoms with Crippen molar-refractivity contribution < 1.29 is 4.79 Å². The second kappa shape index (κ2) is 5.85. The lowest BCUT2D eigenvalue weighted by molar-refractivity contribution is 0.103. The van der Waals surface area contributed by atoms with Crippen LogP contribution < -0.4 is 5.32 Å². The Morgan fingerprint density at radius 3 is 2.52 bits per heavy atom. The Balaban J connectivity index is 1.96. The SMILES string of the molecule is O=C(Nc1cccc(Cl)c1)c1sc2cc(Cl)ccc2c1Cl. The molecule has 0 spiro atoms. The maximum Gasteiger partial charge on any atom is 0.267 e. The molecule has 0 saturated carbocycles. The lowest BCUT2D eigenvalue weighted by atomic mass is 10.2. The molecule has 0 fully saturated rings. The zero-order chi connectivity index (χ0) is 15.0. The van der Waals surface area contributed by atoms with Gasteiger partial charge in [0.1, 0.15) is 4.88 Å². The van der Waals surface area contributed by atoms with Crippen LogP contribution in [0.5, 0.6) is 0 Å². The standard InChI is InChI=1S/C15H8Cl3NOS/c16-8-2-1-3-10(6-8)19-15(20)14-13(18)11-5-4-9(17)7-12(11)21-14/h1-7H,(H,19,20). The molecule has 1 aromatic heterocycles. The van der Waals surface area contributed by atoms with E-state index in [1.54, 1.807) is 36.4 Å². The number of anilines is 1. The molecule has 3 rings (SSSR count). The van der Waals surface area contributed by atoms with Gasteiger partial charge in [0, 0.05) is 25.8 Å². The normalized spacial score (nSPS) is 10.8. The van der Waals surface area contributed by atoms with Crippen molar-refractivity contribution in [3.8, 4) is 0 Å². The van der Waals surface area contributed by atoms with Gasteiger partial charge in [-0.25, -0.2) is 0 Å². The van der Waals surface area contributed by atoms with Crippen molar-refractivity contribution in [1.82, 2.24) is 0 Å². The van der Waals surface area contributed by atoms with Gasteiger partial charge in [-0.15, -0.1) is 11.3 Å². The lowest BCUT2D eigenvalue weighted by Gasteiger charge is -2.04. The van der Waals surface area contributed by atoms with Crippen LogP contribution in [0.4, 0.5) is 5.69 Å². The van der Waals surface area contributed by atoms with Gasteiger partial charge in [-0.1, -0.05) is 46.9 Å². The van der Waals surface area contributed by atoms with Gasteiger partial charge in [0.2, 0.25) is 0 Å². The molecule has 0 atom stereocenters. The molecule has 1 heterocycles. The number of nitrogens with one attached hydrogen (secondary N) is 1. The predicted octanol–water partition coefficient (Wildman–Crippen LogP) is 6.11. The third-order valence-corrected chi connectivity index (χ3v) is 5.01. The minimum absolute atomic E-state index is 0.264. The Hall–Kier alpha value is -1.26. The average Bonchev–Trinajstić information content (AvgIpc) is 2.75. The Labute approximate surface area is 140 Å². The van der Waals surface area contributed by atoms with E-state index in [-0.39, 0.29) is 5.91 Å². The predicted molar refractivity (Wildman–Crippen MR) is 91.3 cm³/mol. The fraction of sp³-hybridized carbons (Fsp3) is 0. The highest BCUT2D eigenvalue weighted by Gasteiger charge is 2.17. The second-order valence-electron chi connectivity index (χ2n) is 4.35. The van der Waals surface area contributed by atoms with Gasteiger partial charge < -0.3 is 5.32 Å². The zero-order valence-electron chi connectivity index (χ0n) is 10.5. The highest BCUT2D eigenvalue weighted by Crippen LogP contribution is 2.37. The third kappa shape index (κ3) is 3.01. The van der Waals surface area contributed by atoms with Crippen molar-refractivity contribution in [3.05, 3.63) is 62.4 Å². The van der Waals surface area contributed by atoms with Crippen molar-refractivity contribution in [3.63, 3.8) is 0 Å². The monoisotopic (exact) mass is 355 g/mol. The van der Waals surface area contributed by atoms with E-state index in [0.29, 0.717) is 25.6 Å². The molecule has 0 unspecified atom stereocenters. The van der Waals surface area contributed by atoms with Gasteiger partial charge in [0.25, 0.3) is 5.91 Å². The van der Waals surface area contributed by atoms with Gasteiger partial charge in [-0.2, -0.15) is 0 Å². The number of hydrogen-bond acceptors (Lipinski definition) is 2. The summed E-state index contributed by atoms with van der Waals surface area (Å²) >= 11 is 19.4. The van der Waals surface area contributed by atoms with Crippen LogP contribution in [0, 0.1) is 0 Å². The van der Waals surface area contributed by atoms with E-state index in [2.05, 4.69) is 5.32 Å². The number of carbonyl (C=O) groups is 1. The molecular weight excluding hydrogens is 349 g/mol. The van der Waals surface area contributed by atoms with Crippen LogP contribution in [0.15, 0.2) is 42.5 Å². The summed E-state index contributed by atoms with van der Waals surface area (Å²) in [6.07, 6.45) is 0. The summed E-state index contributed by atoms with van der Waals surface area (Å²) in [5.74, 6) is -0.264. The van der Waals surface area contributed by atoms with Crippen LogP contribution in [0.2, 0.25) is 15.1 Å². The third-order valence-electron chi connectivity index (χ3n) is 2.88. The number of amides is 1. The summed E-state index contributed by atoms with van der Waals surface area (Å²) in [7, 11) is 0. The molecule has 106 valence electrons. The molecular formula is C15H8Cl3NOS. The molecule has 0 aliphatic rings. The maximum atomic E-state index is 12.3. The van der Waals surface area contributed by atoms with Crippen LogP contribution in [0.1, 0.15) is 9.67 Å².